The molecule has 1 atom stereocenters. The molecular formula is C21H25ClN2O3. The largest absolute Gasteiger partial charge is 0.491 e. The number of Topliss-reactive ketones (excluding diaryl/α,β-unsaturated/α-hetero) is 1. The number of carbonyl (C=O) groups excluding carboxylic acids is 1. The standard InChI is InChI=1S/C21H25ClN2O3/c1-16(25)17-2-8-21(9-3-17)27-15-20(26)14-23-10-12-24(13-11-23)19-6-4-18(22)5-7-19/h2-9,20,26H,10-15H2,1H3. The maximum Gasteiger partial charge on any atom is 0.159 e. The highest BCUT2D eigenvalue weighted by Crippen LogP contribution is 2.19. The summed E-state index contributed by atoms with van der Waals surface area (Å²) in [7, 11) is 0. The number of ketones is 1. The van der Waals surface area contributed by atoms with Crippen molar-refractivity contribution in [1.82, 2.24) is 4.90 Å². The van der Waals surface area contributed by atoms with Gasteiger partial charge >= 0.3 is 0 Å². The Bertz CT molecular complexity index is 741. The summed E-state index contributed by atoms with van der Waals surface area (Å²) in [6, 6.07) is 14.9. The first-order valence-corrected chi connectivity index (χ1v) is 9.54. The number of aliphatic hydroxyl groups is 1. The van der Waals surface area contributed by atoms with Crippen molar-refractivity contribution in [2.45, 2.75) is 13.0 Å². The number of halogens is 1. The van der Waals surface area contributed by atoms with E-state index in [1.165, 1.54) is 12.6 Å². The summed E-state index contributed by atoms with van der Waals surface area (Å²) in [5, 5.41) is 11.0. The van der Waals surface area contributed by atoms with Gasteiger partial charge in [0.15, 0.2) is 5.78 Å². The Morgan fingerprint density at radius 1 is 1.07 bits per heavy atom. The molecular weight excluding hydrogens is 364 g/mol. The smallest absolute Gasteiger partial charge is 0.159 e. The lowest BCUT2D eigenvalue weighted by atomic mass is 10.1. The number of hydrogen-bond acceptors (Lipinski definition) is 5. The summed E-state index contributed by atoms with van der Waals surface area (Å²) in [6.07, 6.45) is -0.556. The summed E-state index contributed by atoms with van der Waals surface area (Å²) >= 11 is 5.95. The first-order chi connectivity index (χ1) is 13.0. The number of nitrogens with zero attached hydrogens (tertiary/aromatic N) is 2. The molecule has 1 saturated heterocycles. The van der Waals surface area contributed by atoms with Crippen molar-refractivity contribution in [2.24, 2.45) is 0 Å². The number of aliphatic hydroxyl groups excluding tert-OH is 1. The second-order valence-corrected chi connectivity index (χ2v) is 7.25. The van der Waals surface area contributed by atoms with E-state index in [9.17, 15) is 9.90 Å². The van der Waals surface area contributed by atoms with E-state index in [1.807, 2.05) is 24.3 Å². The fourth-order valence-electron chi connectivity index (χ4n) is 3.17. The molecule has 1 fully saturated rings. The number of anilines is 1. The van der Waals surface area contributed by atoms with E-state index < -0.39 is 6.10 Å². The Labute approximate surface area is 165 Å². The van der Waals surface area contributed by atoms with Gasteiger partial charge in [0, 0.05) is 49.0 Å². The van der Waals surface area contributed by atoms with Gasteiger partial charge in [-0.3, -0.25) is 9.69 Å². The van der Waals surface area contributed by atoms with Gasteiger partial charge in [0.1, 0.15) is 18.5 Å². The van der Waals surface area contributed by atoms with Gasteiger partial charge in [-0.2, -0.15) is 0 Å². The first kappa shape index (κ1) is 19.7. The molecule has 1 N–H and O–H groups in total. The summed E-state index contributed by atoms with van der Waals surface area (Å²) < 4.78 is 5.63. The van der Waals surface area contributed by atoms with Crippen LogP contribution in [0.5, 0.6) is 5.75 Å². The van der Waals surface area contributed by atoms with Crippen LogP contribution < -0.4 is 9.64 Å². The zero-order valence-corrected chi connectivity index (χ0v) is 16.2. The van der Waals surface area contributed by atoms with Crippen molar-refractivity contribution in [3.05, 3.63) is 59.1 Å². The first-order valence-electron chi connectivity index (χ1n) is 9.16. The van der Waals surface area contributed by atoms with E-state index in [4.69, 9.17) is 16.3 Å². The average molecular weight is 389 g/mol. The molecule has 0 saturated carbocycles. The van der Waals surface area contributed by atoms with E-state index in [0.717, 1.165) is 31.2 Å². The van der Waals surface area contributed by atoms with Crippen LogP contribution in [0.2, 0.25) is 5.02 Å². The van der Waals surface area contributed by atoms with Crippen LogP contribution in [0.4, 0.5) is 5.69 Å². The van der Waals surface area contributed by atoms with Crippen molar-refractivity contribution >= 4 is 23.1 Å². The lowest BCUT2D eigenvalue weighted by Crippen LogP contribution is -2.49. The fourth-order valence-corrected chi connectivity index (χ4v) is 3.30. The molecule has 0 bridgehead atoms. The molecule has 2 aromatic rings. The van der Waals surface area contributed by atoms with Crippen molar-refractivity contribution < 1.29 is 14.6 Å². The second-order valence-electron chi connectivity index (χ2n) is 6.81. The number of β-amino-alcohol motifs (C(OH)–C–C–N with tert-alkyl or cyclic N) is 1. The predicted octanol–water partition coefficient (Wildman–Crippen LogP) is 3.10. The number of carbonyl (C=O) groups is 1. The molecule has 144 valence electrons. The summed E-state index contributed by atoms with van der Waals surface area (Å²) in [5.74, 6) is 0.686. The SMILES string of the molecule is CC(=O)c1ccc(OCC(O)CN2CCN(c3ccc(Cl)cc3)CC2)cc1. The molecule has 0 aromatic heterocycles. The van der Waals surface area contributed by atoms with Crippen LogP contribution >= 0.6 is 11.6 Å². The van der Waals surface area contributed by atoms with Crippen LogP contribution in [-0.2, 0) is 0 Å². The van der Waals surface area contributed by atoms with E-state index in [-0.39, 0.29) is 12.4 Å². The average Bonchev–Trinajstić information content (AvgIpc) is 2.68. The highest BCUT2D eigenvalue weighted by molar-refractivity contribution is 6.30. The second kappa shape index (κ2) is 9.22. The summed E-state index contributed by atoms with van der Waals surface area (Å²) in [5.41, 5.74) is 1.83. The molecule has 5 nitrogen and oxygen atoms in total. The van der Waals surface area contributed by atoms with Crippen LogP contribution in [0.1, 0.15) is 17.3 Å². The van der Waals surface area contributed by atoms with E-state index in [0.29, 0.717) is 17.9 Å². The van der Waals surface area contributed by atoms with Gasteiger partial charge in [-0.1, -0.05) is 11.6 Å². The van der Waals surface area contributed by atoms with Gasteiger partial charge in [0.05, 0.1) is 0 Å². The topological polar surface area (TPSA) is 53.0 Å². The van der Waals surface area contributed by atoms with Crippen molar-refractivity contribution in [1.29, 1.82) is 0 Å². The van der Waals surface area contributed by atoms with Crippen LogP contribution in [0.3, 0.4) is 0 Å². The van der Waals surface area contributed by atoms with E-state index in [1.54, 1.807) is 24.3 Å². The molecule has 0 amide bonds. The third-order valence-corrected chi connectivity index (χ3v) is 4.99. The van der Waals surface area contributed by atoms with Crippen LogP contribution in [0.25, 0.3) is 0 Å². The van der Waals surface area contributed by atoms with Crippen molar-refractivity contribution in [3.8, 4) is 5.75 Å². The van der Waals surface area contributed by atoms with E-state index >= 15 is 0 Å². The highest BCUT2D eigenvalue weighted by Gasteiger charge is 2.19. The lowest BCUT2D eigenvalue weighted by Gasteiger charge is -2.36. The molecule has 27 heavy (non-hydrogen) atoms. The van der Waals surface area contributed by atoms with Gasteiger partial charge in [0.25, 0.3) is 0 Å². The molecule has 1 unspecified atom stereocenters. The predicted molar refractivity (Wildman–Crippen MR) is 108 cm³/mol. The van der Waals surface area contributed by atoms with Gasteiger partial charge < -0.3 is 14.7 Å². The molecule has 6 heteroatoms. The summed E-state index contributed by atoms with van der Waals surface area (Å²) in [4.78, 5) is 15.9. The number of benzene rings is 2. The molecule has 0 radical (unpaired) electrons. The third-order valence-electron chi connectivity index (χ3n) is 4.74. The van der Waals surface area contributed by atoms with Gasteiger partial charge in [0.2, 0.25) is 0 Å². The van der Waals surface area contributed by atoms with Crippen LogP contribution in [0, 0.1) is 0 Å². The van der Waals surface area contributed by atoms with Crippen molar-refractivity contribution in [2.75, 3.05) is 44.2 Å². The Morgan fingerprint density at radius 3 is 2.30 bits per heavy atom. The van der Waals surface area contributed by atoms with Gasteiger partial charge in [-0.25, -0.2) is 0 Å². The quantitative estimate of drug-likeness (QED) is 0.738. The number of ether oxygens (including phenoxy) is 1. The molecule has 1 aliphatic rings. The Balaban J connectivity index is 1.40. The molecule has 2 aromatic carbocycles. The minimum absolute atomic E-state index is 0.0272. The minimum atomic E-state index is -0.556. The molecule has 0 aliphatic carbocycles. The van der Waals surface area contributed by atoms with Gasteiger partial charge in [-0.05, 0) is 55.5 Å². The molecule has 3 rings (SSSR count). The molecule has 1 heterocycles. The van der Waals surface area contributed by atoms with Crippen molar-refractivity contribution in [3.63, 3.8) is 0 Å². The monoisotopic (exact) mass is 388 g/mol. The zero-order valence-electron chi connectivity index (χ0n) is 15.5. The third kappa shape index (κ3) is 5.70. The van der Waals surface area contributed by atoms with Crippen LogP contribution in [0.15, 0.2) is 48.5 Å². The maximum absolute atomic E-state index is 11.3. The van der Waals surface area contributed by atoms with Crippen LogP contribution in [-0.4, -0.2) is 61.2 Å². The number of piperazine rings is 1. The molecule has 1 aliphatic heterocycles. The summed E-state index contributed by atoms with van der Waals surface area (Å²) in [6.45, 7) is 5.98. The fraction of sp³-hybridized carbons (Fsp3) is 0.381. The Kier molecular flexibility index (Phi) is 6.72. The number of hydrogen-bond donors (Lipinski definition) is 1. The van der Waals surface area contributed by atoms with Gasteiger partial charge in [-0.15, -0.1) is 0 Å². The minimum Gasteiger partial charge on any atom is -0.491 e. The maximum atomic E-state index is 11.3. The lowest BCUT2D eigenvalue weighted by molar-refractivity contribution is 0.0663. The molecule has 0 spiro atoms. The highest BCUT2D eigenvalue weighted by atomic mass is 35.5. The normalized spacial score (nSPS) is 16.2. The Hall–Kier alpha value is -2.08. The zero-order chi connectivity index (χ0) is 19.2. The number of rotatable bonds is 7. The van der Waals surface area contributed by atoms with E-state index in [2.05, 4.69) is 9.80 Å². The Morgan fingerprint density at radius 2 is 1.70 bits per heavy atom.